The number of rotatable bonds is 5. The Bertz CT molecular complexity index is 913. The maximum absolute atomic E-state index is 12.8. The summed E-state index contributed by atoms with van der Waals surface area (Å²) in [6.07, 6.45) is 9.41. The molecule has 3 aromatic rings. The van der Waals surface area contributed by atoms with Gasteiger partial charge in [-0.2, -0.15) is 0 Å². The molecule has 3 heterocycles. The number of likely N-dealkylation sites (tertiary alicyclic amines) is 1. The van der Waals surface area contributed by atoms with E-state index < -0.39 is 0 Å². The summed E-state index contributed by atoms with van der Waals surface area (Å²) in [5.41, 5.74) is 1.87. The lowest BCUT2D eigenvalue weighted by molar-refractivity contribution is 0.0710. The van der Waals surface area contributed by atoms with Crippen LogP contribution in [0.15, 0.2) is 61.2 Å². The minimum Gasteiger partial charge on any atom is -0.497 e. The van der Waals surface area contributed by atoms with E-state index in [1.807, 2.05) is 53.8 Å². The molecule has 0 N–H and O–H groups in total. The standard InChI is InChI=1S/C22H24N4O2/c1-28-20-6-4-19(5-7-20)22(27)25-12-8-18(9-13-25)21-24-11-14-26(21)16-17-3-2-10-23-15-17/h2-7,10-11,14-15,18H,8-9,12-13,16H2,1H3. The van der Waals surface area contributed by atoms with Crippen molar-refractivity contribution in [2.45, 2.75) is 25.3 Å². The van der Waals surface area contributed by atoms with Crippen LogP contribution in [0.25, 0.3) is 0 Å². The second-order valence-corrected chi connectivity index (χ2v) is 7.07. The van der Waals surface area contributed by atoms with Gasteiger partial charge in [-0.25, -0.2) is 4.98 Å². The van der Waals surface area contributed by atoms with Crippen molar-refractivity contribution in [2.24, 2.45) is 0 Å². The molecule has 0 radical (unpaired) electrons. The maximum atomic E-state index is 12.8. The van der Waals surface area contributed by atoms with Gasteiger partial charge >= 0.3 is 0 Å². The van der Waals surface area contributed by atoms with Crippen molar-refractivity contribution >= 4 is 5.91 Å². The average Bonchev–Trinajstić information content (AvgIpc) is 3.22. The molecule has 1 amide bonds. The molecule has 144 valence electrons. The van der Waals surface area contributed by atoms with Crippen LogP contribution in [-0.4, -0.2) is 45.5 Å². The van der Waals surface area contributed by atoms with Gasteiger partial charge in [0.15, 0.2) is 0 Å². The molecule has 0 spiro atoms. The van der Waals surface area contributed by atoms with Gasteiger partial charge in [0.05, 0.1) is 13.7 Å². The van der Waals surface area contributed by atoms with Gasteiger partial charge in [0.1, 0.15) is 11.6 Å². The van der Waals surface area contributed by atoms with Crippen molar-refractivity contribution in [3.05, 3.63) is 78.1 Å². The number of pyridine rings is 1. The molecule has 2 aromatic heterocycles. The van der Waals surface area contributed by atoms with Crippen LogP contribution in [0.4, 0.5) is 0 Å². The minimum atomic E-state index is 0.0832. The van der Waals surface area contributed by atoms with Crippen LogP contribution in [0.1, 0.15) is 40.5 Å². The summed E-state index contributed by atoms with van der Waals surface area (Å²) >= 11 is 0. The first kappa shape index (κ1) is 18.2. The molecular formula is C22H24N4O2. The quantitative estimate of drug-likeness (QED) is 0.685. The predicted octanol–water partition coefficient (Wildman–Crippen LogP) is 3.35. The van der Waals surface area contributed by atoms with Gasteiger partial charge in [0.2, 0.25) is 0 Å². The highest BCUT2D eigenvalue weighted by molar-refractivity contribution is 5.94. The molecule has 0 atom stereocenters. The summed E-state index contributed by atoms with van der Waals surface area (Å²) in [7, 11) is 1.62. The summed E-state index contributed by atoms with van der Waals surface area (Å²) in [6, 6.07) is 11.3. The summed E-state index contributed by atoms with van der Waals surface area (Å²) in [5.74, 6) is 2.31. The van der Waals surface area contributed by atoms with E-state index in [4.69, 9.17) is 4.74 Å². The Morgan fingerprint density at radius 2 is 1.93 bits per heavy atom. The topological polar surface area (TPSA) is 60.2 Å². The van der Waals surface area contributed by atoms with Crippen molar-refractivity contribution in [1.82, 2.24) is 19.4 Å². The number of benzene rings is 1. The largest absolute Gasteiger partial charge is 0.497 e. The number of hydrogen-bond acceptors (Lipinski definition) is 4. The fourth-order valence-electron chi connectivity index (χ4n) is 3.76. The van der Waals surface area contributed by atoms with Crippen molar-refractivity contribution in [1.29, 1.82) is 0 Å². The number of aromatic nitrogens is 3. The Kier molecular flexibility index (Phi) is 5.37. The molecule has 1 saturated heterocycles. The number of carbonyl (C=O) groups is 1. The molecule has 1 fully saturated rings. The van der Waals surface area contributed by atoms with Gasteiger partial charge in [-0.15, -0.1) is 0 Å². The fourth-order valence-corrected chi connectivity index (χ4v) is 3.76. The number of ether oxygens (including phenoxy) is 1. The van der Waals surface area contributed by atoms with Crippen LogP contribution in [0.2, 0.25) is 0 Å². The van der Waals surface area contributed by atoms with Crippen molar-refractivity contribution < 1.29 is 9.53 Å². The summed E-state index contributed by atoms with van der Waals surface area (Å²) in [6.45, 7) is 2.26. The Balaban J connectivity index is 1.39. The second kappa shape index (κ2) is 8.25. The average molecular weight is 376 g/mol. The Labute approximate surface area is 164 Å². The number of methoxy groups -OCH3 is 1. The van der Waals surface area contributed by atoms with E-state index in [1.54, 1.807) is 13.3 Å². The molecule has 6 nitrogen and oxygen atoms in total. The number of carbonyl (C=O) groups excluding carboxylic acids is 1. The lowest BCUT2D eigenvalue weighted by Gasteiger charge is -2.32. The Morgan fingerprint density at radius 3 is 2.61 bits per heavy atom. The van der Waals surface area contributed by atoms with Gasteiger partial charge in [-0.1, -0.05) is 6.07 Å². The highest BCUT2D eigenvalue weighted by atomic mass is 16.5. The number of nitrogens with zero attached hydrogens (tertiary/aromatic N) is 4. The zero-order valence-electron chi connectivity index (χ0n) is 16.0. The van der Waals surface area contributed by atoms with Crippen LogP contribution < -0.4 is 4.74 Å². The van der Waals surface area contributed by atoms with Crippen LogP contribution in [-0.2, 0) is 6.54 Å². The van der Waals surface area contributed by atoms with Crippen molar-refractivity contribution in [3.63, 3.8) is 0 Å². The Hall–Kier alpha value is -3.15. The van der Waals surface area contributed by atoms with E-state index in [9.17, 15) is 4.79 Å². The van der Waals surface area contributed by atoms with Crippen LogP contribution >= 0.6 is 0 Å². The fraction of sp³-hybridized carbons (Fsp3) is 0.318. The third-order valence-corrected chi connectivity index (χ3v) is 5.31. The van der Waals surface area contributed by atoms with Crippen LogP contribution in [0, 0.1) is 0 Å². The summed E-state index contributed by atoms with van der Waals surface area (Å²) < 4.78 is 7.36. The van der Waals surface area contributed by atoms with E-state index in [-0.39, 0.29) is 5.91 Å². The van der Waals surface area contributed by atoms with Gasteiger partial charge in [0.25, 0.3) is 5.91 Å². The van der Waals surface area contributed by atoms with Crippen LogP contribution in [0.3, 0.4) is 0 Å². The van der Waals surface area contributed by atoms with Crippen molar-refractivity contribution in [3.8, 4) is 5.75 Å². The molecule has 0 saturated carbocycles. The zero-order valence-corrected chi connectivity index (χ0v) is 16.0. The molecular weight excluding hydrogens is 352 g/mol. The molecule has 6 heteroatoms. The zero-order chi connectivity index (χ0) is 19.3. The first-order valence-electron chi connectivity index (χ1n) is 9.58. The molecule has 4 rings (SSSR count). The van der Waals surface area contributed by atoms with E-state index in [0.717, 1.165) is 49.6 Å². The molecule has 1 aliphatic heterocycles. The molecule has 0 bridgehead atoms. The van der Waals surface area contributed by atoms with E-state index in [2.05, 4.69) is 20.6 Å². The minimum absolute atomic E-state index is 0.0832. The van der Waals surface area contributed by atoms with Gasteiger partial charge in [-0.3, -0.25) is 9.78 Å². The van der Waals surface area contributed by atoms with Gasteiger partial charge in [-0.05, 0) is 48.7 Å². The number of hydrogen-bond donors (Lipinski definition) is 0. The van der Waals surface area contributed by atoms with Crippen molar-refractivity contribution in [2.75, 3.05) is 20.2 Å². The van der Waals surface area contributed by atoms with Gasteiger partial charge < -0.3 is 14.2 Å². The first-order chi connectivity index (χ1) is 13.7. The highest BCUT2D eigenvalue weighted by Crippen LogP contribution is 2.28. The maximum Gasteiger partial charge on any atom is 0.253 e. The normalized spacial score (nSPS) is 14.8. The number of piperidine rings is 1. The molecule has 0 aliphatic carbocycles. The summed E-state index contributed by atoms with van der Waals surface area (Å²) in [4.78, 5) is 23.5. The first-order valence-corrected chi connectivity index (χ1v) is 9.58. The monoisotopic (exact) mass is 376 g/mol. The molecule has 1 aliphatic rings. The Morgan fingerprint density at radius 1 is 1.14 bits per heavy atom. The van der Waals surface area contributed by atoms with E-state index in [1.165, 1.54) is 0 Å². The summed E-state index contributed by atoms with van der Waals surface area (Å²) in [5, 5.41) is 0. The SMILES string of the molecule is COc1ccc(C(=O)N2CCC(c3nccn3Cc3cccnc3)CC2)cc1. The smallest absolute Gasteiger partial charge is 0.253 e. The lowest BCUT2D eigenvalue weighted by Crippen LogP contribution is -2.38. The number of imidazole rings is 1. The van der Waals surface area contributed by atoms with Gasteiger partial charge in [0, 0.05) is 49.4 Å². The molecule has 0 unspecified atom stereocenters. The van der Waals surface area contributed by atoms with E-state index in [0.29, 0.717) is 11.5 Å². The van der Waals surface area contributed by atoms with E-state index >= 15 is 0 Å². The highest BCUT2D eigenvalue weighted by Gasteiger charge is 2.27. The molecule has 1 aromatic carbocycles. The predicted molar refractivity (Wildman–Crippen MR) is 106 cm³/mol. The molecule has 28 heavy (non-hydrogen) atoms. The van der Waals surface area contributed by atoms with Crippen LogP contribution in [0.5, 0.6) is 5.75 Å². The second-order valence-electron chi connectivity index (χ2n) is 7.07. The number of amides is 1. The third-order valence-electron chi connectivity index (χ3n) is 5.31. The lowest BCUT2D eigenvalue weighted by atomic mass is 9.95. The third kappa shape index (κ3) is 3.91.